The molecule has 0 radical (unpaired) electrons. The van der Waals surface area contributed by atoms with Crippen LogP contribution in [0.15, 0.2) is 42.5 Å². The molecule has 0 spiro atoms. The molecular formula is C23H27N3O6. The number of carbonyl (C=O) groups excluding carboxylic acids is 3. The van der Waals surface area contributed by atoms with Crippen LogP contribution in [0, 0.1) is 0 Å². The first-order valence-corrected chi connectivity index (χ1v) is 10.2. The number of hydrogen-bond acceptors (Lipinski definition) is 6. The van der Waals surface area contributed by atoms with Crippen LogP contribution in [0.2, 0.25) is 0 Å². The molecule has 1 aliphatic rings. The monoisotopic (exact) mass is 441 g/mol. The van der Waals surface area contributed by atoms with Gasteiger partial charge in [-0.1, -0.05) is 0 Å². The third kappa shape index (κ3) is 5.69. The van der Waals surface area contributed by atoms with Gasteiger partial charge in [-0.15, -0.1) is 0 Å². The highest BCUT2D eigenvalue weighted by Gasteiger charge is 2.26. The molecule has 0 bridgehead atoms. The van der Waals surface area contributed by atoms with Crippen molar-refractivity contribution in [1.82, 2.24) is 10.2 Å². The molecule has 1 aliphatic heterocycles. The molecule has 0 unspecified atom stereocenters. The van der Waals surface area contributed by atoms with Gasteiger partial charge in [-0.05, 0) is 49.2 Å². The van der Waals surface area contributed by atoms with Crippen molar-refractivity contribution in [2.75, 3.05) is 33.9 Å². The Morgan fingerprint density at radius 3 is 2.25 bits per heavy atom. The van der Waals surface area contributed by atoms with Crippen LogP contribution in [0.25, 0.3) is 0 Å². The van der Waals surface area contributed by atoms with Crippen molar-refractivity contribution in [3.8, 4) is 17.2 Å². The minimum Gasteiger partial charge on any atom is -0.497 e. The third-order valence-electron chi connectivity index (χ3n) is 5.30. The molecule has 0 aliphatic carbocycles. The zero-order valence-electron chi connectivity index (χ0n) is 18.1. The summed E-state index contributed by atoms with van der Waals surface area (Å²) < 4.78 is 16.0. The second-order valence-electron chi connectivity index (χ2n) is 7.38. The van der Waals surface area contributed by atoms with E-state index in [9.17, 15) is 14.4 Å². The van der Waals surface area contributed by atoms with Gasteiger partial charge in [0.2, 0.25) is 5.91 Å². The fourth-order valence-electron chi connectivity index (χ4n) is 3.51. The third-order valence-corrected chi connectivity index (χ3v) is 5.30. The fraction of sp³-hybridized carbons (Fsp3) is 0.348. The van der Waals surface area contributed by atoms with E-state index in [1.807, 2.05) is 0 Å². The smallest absolute Gasteiger partial charge is 0.258 e. The zero-order valence-corrected chi connectivity index (χ0v) is 18.1. The molecule has 2 aromatic rings. The largest absolute Gasteiger partial charge is 0.497 e. The average molecular weight is 441 g/mol. The van der Waals surface area contributed by atoms with Crippen LogP contribution in [0.3, 0.4) is 0 Å². The maximum atomic E-state index is 12.9. The highest BCUT2D eigenvalue weighted by Crippen LogP contribution is 2.26. The number of ether oxygens (including phenoxy) is 3. The van der Waals surface area contributed by atoms with Crippen LogP contribution in [0.4, 0.5) is 0 Å². The maximum Gasteiger partial charge on any atom is 0.258 e. The van der Waals surface area contributed by atoms with Crippen molar-refractivity contribution >= 4 is 17.7 Å². The van der Waals surface area contributed by atoms with Gasteiger partial charge in [0.25, 0.3) is 11.8 Å². The van der Waals surface area contributed by atoms with Gasteiger partial charge >= 0.3 is 0 Å². The van der Waals surface area contributed by atoms with Gasteiger partial charge in [-0.2, -0.15) is 0 Å². The molecule has 1 saturated heterocycles. The molecule has 1 heterocycles. The average Bonchev–Trinajstić information content (AvgIpc) is 2.82. The van der Waals surface area contributed by atoms with Crippen LogP contribution in [0.1, 0.15) is 33.6 Å². The number of benzene rings is 2. The molecule has 170 valence electrons. The van der Waals surface area contributed by atoms with Crippen molar-refractivity contribution < 1.29 is 28.6 Å². The summed E-state index contributed by atoms with van der Waals surface area (Å²) in [6.07, 6.45) is 1.28. The van der Waals surface area contributed by atoms with Crippen molar-refractivity contribution in [3.05, 3.63) is 53.6 Å². The van der Waals surface area contributed by atoms with E-state index < -0.39 is 5.91 Å². The van der Waals surface area contributed by atoms with E-state index in [0.717, 1.165) is 0 Å². The summed E-state index contributed by atoms with van der Waals surface area (Å²) in [5, 5.41) is 2.94. The maximum absolute atomic E-state index is 12.9. The Hall–Kier alpha value is -3.75. The van der Waals surface area contributed by atoms with Gasteiger partial charge in [-0.25, -0.2) is 0 Å². The Morgan fingerprint density at radius 2 is 1.66 bits per heavy atom. The number of piperidine rings is 1. The number of carbonyl (C=O) groups is 3. The van der Waals surface area contributed by atoms with Crippen LogP contribution >= 0.6 is 0 Å². The Balaban J connectivity index is 1.46. The molecule has 3 N–H and O–H groups in total. The minimum absolute atomic E-state index is 0.0369. The first-order valence-electron chi connectivity index (χ1n) is 10.2. The van der Waals surface area contributed by atoms with Crippen LogP contribution < -0.4 is 25.3 Å². The van der Waals surface area contributed by atoms with E-state index in [1.165, 1.54) is 7.11 Å². The number of hydrogen-bond donors (Lipinski definition) is 2. The summed E-state index contributed by atoms with van der Waals surface area (Å²) in [7, 11) is 3.07. The fourth-order valence-corrected chi connectivity index (χ4v) is 3.51. The number of methoxy groups -OCH3 is 2. The number of primary amides is 1. The summed E-state index contributed by atoms with van der Waals surface area (Å²) in [6.45, 7) is 0.904. The Labute approximate surface area is 186 Å². The molecule has 0 atom stereocenters. The normalized spacial score (nSPS) is 13.9. The summed E-state index contributed by atoms with van der Waals surface area (Å²) in [6, 6.07) is 11.3. The molecular weight excluding hydrogens is 414 g/mol. The van der Waals surface area contributed by atoms with E-state index >= 15 is 0 Å². The molecule has 1 fully saturated rings. The highest BCUT2D eigenvalue weighted by atomic mass is 16.5. The highest BCUT2D eigenvalue weighted by molar-refractivity contribution is 5.97. The molecule has 3 amide bonds. The predicted molar refractivity (Wildman–Crippen MR) is 117 cm³/mol. The van der Waals surface area contributed by atoms with Crippen LogP contribution in [-0.2, 0) is 4.79 Å². The molecule has 2 aromatic carbocycles. The lowest BCUT2D eigenvalue weighted by Gasteiger charge is -2.32. The number of nitrogens with zero attached hydrogens (tertiary/aromatic N) is 1. The van der Waals surface area contributed by atoms with Crippen molar-refractivity contribution in [2.24, 2.45) is 5.73 Å². The van der Waals surface area contributed by atoms with Gasteiger partial charge in [-0.3, -0.25) is 14.4 Å². The minimum atomic E-state index is -0.524. The SMILES string of the molecule is COc1ccc(C(=O)N2CCC(NC(=O)COc3ccc(C(N)=O)cc3)CC2)c(OC)c1. The Morgan fingerprint density at radius 1 is 1.00 bits per heavy atom. The number of rotatable bonds is 8. The van der Waals surface area contributed by atoms with E-state index in [-0.39, 0.29) is 24.5 Å². The quantitative estimate of drug-likeness (QED) is 0.642. The van der Waals surface area contributed by atoms with Crippen molar-refractivity contribution in [3.63, 3.8) is 0 Å². The molecule has 32 heavy (non-hydrogen) atoms. The summed E-state index contributed by atoms with van der Waals surface area (Å²) in [5.74, 6) is 0.669. The van der Waals surface area contributed by atoms with Crippen LogP contribution in [0.5, 0.6) is 17.2 Å². The number of nitrogens with two attached hydrogens (primary N) is 1. The number of likely N-dealkylation sites (tertiary alicyclic amines) is 1. The standard InChI is InChI=1S/C23H27N3O6/c1-30-18-7-8-19(20(13-18)31-2)23(29)26-11-9-16(10-12-26)25-21(27)14-32-17-5-3-15(4-6-17)22(24)28/h3-8,13,16H,9-12,14H2,1-2H3,(H2,24,28)(H,25,27). The summed E-state index contributed by atoms with van der Waals surface area (Å²) >= 11 is 0. The Bertz CT molecular complexity index is 968. The first-order chi connectivity index (χ1) is 15.4. The first kappa shape index (κ1) is 22.9. The number of amides is 3. The summed E-state index contributed by atoms with van der Waals surface area (Å²) in [4.78, 5) is 38.0. The Kier molecular flexibility index (Phi) is 7.54. The second kappa shape index (κ2) is 10.5. The topological polar surface area (TPSA) is 120 Å². The van der Waals surface area contributed by atoms with Gasteiger partial charge < -0.3 is 30.2 Å². The molecule has 9 heteroatoms. The van der Waals surface area contributed by atoms with Gasteiger partial charge in [0.15, 0.2) is 6.61 Å². The van der Waals surface area contributed by atoms with E-state index in [0.29, 0.717) is 54.3 Å². The molecule has 3 rings (SSSR count). The molecule has 0 aromatic heterocycles. The van der Waals surface area contributed by atoms with E-state index in [2.05, 4.69) is 5.32 Å². The summed E-state index contributed by atoms with van der Waals surface area (Å²) in [5.41, 5.74) is 6.05. The number of nitrogens with one attached hydrogen (secondary N) is 1. The lowest BCUT2D eigenvalue weighted by atomic mass is 10.0. The lowest BCUT2D eigenvalue weighted by Crippen LogP contribution is -2.47. The predicted octanol–water partition coefficient (Wildman–Crippen LogP) is 1.60. The molecule has 9 nitrogen and oxygen atoms in total. The van der Waals surface area contributed by atoms with Crippen molar-refractivity contribution in [2.45, 2.75) is 18.9 Å². The lowest BCUT2D eigenvalue weighted by molar-refractivity contribution is -0.124. The second-order valence-corrected chi connectivity index (χ2v) is 7.38. The van der Waals surface area contributed by atoms with Gasteiger partial charge in [0, 0.05) is 30.8 Å². The van der Waals surface area contributed by atoms with Gasteiger partial charge in [0.1, 0.15) is 17.2 Å². The van der Waals surface area contributed by atoms with E-state index in [1.54, 1.807) is 54.5 Å². The van der Waals surface area contributed by atoms with Gasteiger partial charge in [0.05, 0.1) is 19.8 Å². The zero-order chi connectivity index (χ0) is 23.1. The molecule has 0 saturated carbocycles. The van der Waals surface area contributed by atoms with Crippen LogP contribution in [-0.4, -0.2) is 62.6 Å². The van der Waals surface area contributed by atoms with Crippen molar-refractivity contribution in [1.29, 1.82) is 0 Å². The van der Waals surface area contributed by atoms with E-state index in [4.69, 9.17) is 19.9 Å².